The average Bonchev–Trinajstić information content (AvgIpc) is 2.61. The second-order valence-corrected chi connectivity index (χ2v) is 4.08. The fourth-order valence-electron chi connectivity index (χ4n) is 2.05. The van der Waals surface area contributed by atoms with E-state index in [4.69, 9.17) is 5.11 Å². The normalized spacial score (nSPS) is 20.6. The number of carbonyl (C=O) groups is 2. The van der Waals surface area contributed by atoms with Crippen LogP contribution < -0.4 is 0 Å². The van der Waals surface area contributed by atoms with E-state index in [9.17, 15) is 9.59 Å². The summed E-state index contributed by atoms with van der Waals surface area (Å²) in [5.74, 6) is -0.684. The Kier molecular flexibility index (Phi) is 4.59. The topological polar surface area (TPSA) is 57.6 Å². The first-order chi connectivity index (χ1) is 7.15. The Morgan fingerprint density at radius 1 is 1.47 bits per heavy atom. The molecule has 4 heteroatoms. The van der Waals surface area contributed by atoms with Crippen molar-refractivity contribution in [1.29, 1.82) is 0 Å². The SMILES string of the molecule is CCCCC(=O)N1CCC[C@@H]1CC(=O)O. The number of carbonyl (C=O) groups excluding carboxylic acids is 1. The minimum atomic E-state index is -0.810. The molecule has 0 unspecified atom stereocenters. The van der Waals surface area contributed by atoms with E-state index in [1.807, 2.05) is 6.92 Å². The lowest BCUT2D eigenvalue weighted by Gasteiger charge is -2.23. The third-order valence-electron chi connectivity index (χ3n) is 2.85. The fourth-order valence-corrected chi connectivity index (χ4v) is 2.05. The zero-order valence-corrected chi connectivity index (χ0v) is 9.24. The Morgan fingerprint density at radius 2 is 2.20 bits per heavy atom. The van der Waals surface area contributed by atoms with Gasteiger partial charge in [-0.15, -0.1) is 0 Å². The summed E-state index contributed by atoms with van der Waals surface area (Å²) in [5.41, 5.74) is 0. The van der Waals surface area contributed by atoms with Crippen molar-refractivity contribution in [3.05, 3.63) is 0 Å². The quantitative estimate of drug-likeness (QED) is 0.755. The van der Waals surface area contributed by atoms with Crippen LogP contribution in [0, 0.1) is 0 Å². The lowest BCUT2D eigenvalue weighted by molar-refractivity contribution is -0.139. The predicted octanol–water partition coefficient (Wildman–Crippen LogP) is 1.64. The largest absolute Gasteiger partial charge is 0.481 e. The number of hydrogen-bond acceptors (Lipinski definition) is 2. The van der Waals surface area contributed by atoms with Gasteiger partial charge in [-0.25, -0.2) is 0 Å². The highest BCUT2D eigenvalue weighted by molar-refractivity contribution is 5.78. The summed E-state index contributed by atoms with van der Waals surface area (Å²) in [7, 11) is 0. The van der Waals surface area contributed by atoms with Crippen LogP contribution in [0.3, 0.4) is 0 Å². The molecule has 4 nitrogen and oxygen atoms in total. The number of carboxylic acid groups (broad SMARTS) is 1. The van der Waals surface area contributed by atoms with Crippen molar-refractivity contribution in [3.8, 4) is 0 Å². The van der Waals surface area contributed by atoms with Gasteiger partial charge in [0.05, 0.1) is 6.42 Å². The smallest absolute Gasteiger partial charge is 0.305 e. The highest BCUT2D eigenvalue weighted by atomic mass is 16.4. The van der Waals surface area contributed by atoms with Crippen LogP contribution in [0.5, 0.6) is 0 Å². The third-order valence-corrected chi connectivity index (χ3v) is 2.85. The standard InChI is InChI=1S/C11H19NO3/c1-2-3-6-10(13)12-7-4-5-9(12)8-11(14)15/h9H,2-8H2,1H3,(H,14,15)/t9-/m1/s1. The van der Waals surface area contributed by atoms with Gasteiger partial charge in [-0.05, 0) is 19.3 Å². The van der Waals surface area contributed by atoms with Crippen LogP contribution in [0.1, 0.15) is 45.4 Å². The van der Waals surface area contributed by atoms with Crippen molar-refractivity contribution in [1.82, 2.24) is 4.90 Å². The number of rotatable bonds is 5. The third kappa shape index (κ3) is 3.53. The monoisotopic (exact) mass is 213 g/mol. The molecule has 1 saturated heterocycles. The molecule has 0 bridgehead atoms. The number of hydrogen-bond donors (Lipinski definition) is 1. The van der Waals surface area contributed by atoms with Crippen LogP contribution >= 0.6 is 0 Å². The summed E-state index contributed by atoms with van der Waals surface area (Å²) < 4.78 is 0. The van der Waals surface area contributed by atoms with Gasteiger partial charge in [-0.1, -0.05) is 13.3 Å². The molecular formula is C11H19NO3. The van der Waals surface area contributed by atoms with Gasteiger partial charge < -0.3 is 10.0 Å². The second kappa shape index (κ2) is 5.73. The van der Waals surface area contributed by atoms with Crippen LogP contribution in [0.2, 0.25) is 0 Å². The van der Waals surface area contributed by atoms with Gasteiger partial charge in [-0.2, -0.15) is 0 Å². The summed E-state index contributed by atoms with van der Waals surface area (Å²) in [4.78, 5) is 24.1. The van der Waals surface area contributed by atoms with E-state index >= 15 is 0 Å². The molecule has 1 N–H and O–H groups in total. The summed E-state index contributed by atoms with van der Waals surface area (Å²) in [6.45, 7) is 2.78. The second-order valence-electron chi connectivity index (χ2n) is 4.08. The Labute approximate surface area is 90.3 Å². The fraction of sp³-hybridized carbons (Fsp3) is 0.818. The number of nitrogens with zero attached hydrogens (tertiary/aromatic N) is 1. The van der Waals surface area contributed by atoms with Gasteiger partial charge in [0.2, 0.25) is 5.91 Å². The molecule has 0 radical (unpaired) electrons. The highest BCUT2D eigenvalue weighted by Gasteiger charge is 2.29. The van der Waals surface area contributed by atoms with Crippen LogP contribution in [0.4, 0.5) is 0 Å². The zero-order valence-electron chi connectivity index (χ0n) is 9.24. The van der Waals surface area contributed by atoms with Gasteiger partial charge in [0, 0.05) is 19.0 Å². The van der Waals surface area contributed by atoms with Gasteiger partial charge in [0.1, 0.15) is 0 Å². The van der Waals surface area contributed by atoms with Gasteiger partial charge >= 0.3 is 5.97 Å². The molecule has 0 aliphatic carbocycles. The molecule has 15 heavy (non-hydrogen) atoms. The minimum Gasteiger partial charge on any atom is -0.481 e. The molecule has 0 saturated carbocycles. The summed E-state index contributed by atoms with van der Waals surface area (Å²) in [5, 5.41) is 8.71. The summed E-state index contributed by atoms with van der Waals surface area (Å²) in [6.07, 6.45) is 4.34. The van der Waals surface area contributed by atoms with Crippen molar-refractivity contribution in [3.63, 3.8) is 0 Å². The Morgan fingerprint density at radius 3 is 2.80 bits per heavy atom. The molecule has 0 aromatic heterocycles. The maximum absolute atomic E-state index is 11.7. The van der Waals surface area contributed by atoms with E-state index in [1.54, 1.807) is 4.90 Å². The first kappa shape index (κ1) is 12.0. The molecule has 1 amide bonds. The first-order valence-corrected chi connectivity index (χ1v) is 5.66. The molecule has 1 fully saturated rings. The maximum atomic E-state index is 11.7. The molecule has 0 aromatic carbocycles. The molecule has 0 spiro atoms. The molecule has 1 aliphatic heterocycles. The summed E-state index contributed by atoms with van der Waals surface area (Å²) in [6, 6.07) is -0.0631. The van der Waals surface area contributed by atoms with E-state index in [2.05, 4.69) is 0 Å². The highest BCUT2D eigenvalue weighted by Crippen LogP contribution is 2.21. The molecule has 1 heterocycles. The molecule has 0 aromatic rings. The molecule has 1 rings (SSSR count). The lowest BCUT2D eigenvalue weighted by Crippen LogP contribution is -2.36. The average molecular weight is 213 g/mol. The molecule has 1 aliphatic rings. The van der Waals surface area contributed by atoms with E-state index in [0.29, 0.717) is 6.42 Å². The van der Waals surface area contributed by atoms with Crippen molar-refractivity contribution < 1.29 is 14.7 Å². The molecule has 1 atom stereocenters. The maximum Gasteiger partial charge on any atom is 0.305 e. The van der Waals surface area contributed by atoms with Gasteiger partial charge in [-0.3, -0.25) is 9.59 Å². The predicted molar refractivity (Wildman–Crippen MR) is 56.5 cm³/mol. The van der Waals surface area contributed by atoms with Crippen LogP contribution in [0.25, 0.3) is 0 Å². The van der Waals surface area contributed by atoms with E-state index < -0.39 is 5.97 Å². The van der Waals surface area contributed by atoms with Crippen molar-refractivity contribution in [2.45, 2.75) is 51.5 Å². The zero-order chi connectivity index (χ0) is 11.3. The Bertz CT molecular complexity index is 240. The van der Waals surface area contributed by atoms with Crippen LogP contribution in [0.15, 0.2) is 0 Å². The molecular weight excluding hydrogens is 194 g/mol. The number of amides is 1. The van der Waals surface area contributed by atoms with Gasteiger partial charge in [0.15, 0.2) is 0 Å². The number of likely N-dealkylation sites (tertiary alicyclic amines) is 1. The Balaban J connectivity index is 2.44. The summed E-state index contributed by atoms with van der Waals surface area (Å²) >= 11 is 0. The minimum absolute atomic E-state index is 0.0631. The number of carboxylic acids is 1. The lowest BCUT2D eigenvalue weighted by atomic mass is 10.1. The van der Waals surface area contributed by atoms with E-state index in [-0.39, 0.29) is 18.4 Å². The van der Waals surface area contributed by atoms with E-state index in [0.717, 1.165) is 32.2 Å². The number of unbranched alkanes of at least 4 members (excludes halogenated alkanes) is 1. The van der Waals surface area contributed by atoms with Crippen molar-refractivity contribution >= 4 is 11.9 Å². The van der Waals surface area contributed by atoms with Crippen LogP contribution in [-0.4, -0.2) is 34.5 Å². The van der Waals surface area contributed by atoms with Crippen LogP contribution in [-0.2, 0) is 9.59 Å². The van der Waals surface area contributed by atoms with E-state index in [1.165, 1.54) is 0 Å². The number of aliphatic carboxylic acids is 1. The van der Waals surface area contributed by atoms with Crippen molar-refractivity contribution in [2.24, 2.45) is 0 Å². The van der Waals surface area contributed by atoms with Crippen molar-refractivity contribution in [2.75, 3.05) is 6.54 Å². The van der Waals surface area contributed by atoms with Gasteiger partial charge in [0.25, 0.3) is 0 Å². The Hall–Kier alpha value is -1.06. The first-order valence-electron chi connectivity index (χ1n) is 5.66. The molecule has 86 valence electrons.